The highest BCUT2D eigenvalue weighted by molar-refractivity contribution is 7.85. The first-order valence-corrected chi connectivity index (χ1v) is 12.1. The monoisotopic (exact) mass is 509 g/mol. The lowest BCUT2D eigenvalue weighted by Gasteiger charge is -2.34. The van der Waals surface area contributed by atoms with Gasteiger partial charge in [0, 0.05) is 29.0 Å². The molecule has 4 rings (SSSR count). The molecule has 180 valence electrons. The van der Waals surface area contributed by atoms with E-state index in [2.05, 4.69) is 4.98 Å². The fourth-order valence-electron chi connectivity index (χ4n) is 3.96. The van der Waals surface area contributed by atoms with Gasteiger partial charge in [-0.15, -0.1) is 0 Å². The molecule has 1 amide bonds. The van der Waals surface area contributed by atoms with E-state index in [1.165, 1.54) is 16.7 Å². The fourth-order valence-corrected chi connectivity index (χ4v) is 5.53. The molecule has 3 aliphatic rings. The number of rotatable bonds is 4. The Morgan fingerprint density at radius 3 is 2.61 bits per heavy atom. The molecule has 0 radical (unpaired) electrons. The van der Waals surface area contributed by atoms with Crippen LogP contribution in [0, 0.1) is 6.92 Å². The highest BCUT2D eigenvalue weighted by Crippen LogP contribution is 2.43. The smallest absolute Gasteiger partial charge is 0.332 e. The van der Waals surface area contributed by atoms with E-state index in [1.54, 1.807) is 0 Å². The van der Waals surface area contributed by atoms with E-state index in [4.69, 9.17) is 11.6 Å². The van der Waals surface area contributed by atoms with Crippen molar-refractivity contribution < 1.29 is 31.0 Å². The summed E-state index contributed by atoms with van der Waals surface area (Å²) in [6.45, 7) is 2.52. The Bertz CT molecular complexity index is 1080. The number of carbonyl (C=O) groups is 1. The number of alkyl halides is 4. The molecular weight excluding hydrogens is 489 g/mol. The third kappa shape index (κ3) is 4.80. The molecule has 0 bridgehead atoms. The fraction of sp³-hybridized carbons (Fsp3) is 0.524. The average molecular weight is 510 g/mol. The van der Waals surface area contributed by atoms with E-state index in [0.29, 0.717) is 12.8 Å². The molecule has 2 fully saturated rings. The zero-order valence-electron chi connectivity index (χ0n) is 17.8. The number of anilines is 1. The van der Waals surface area contributed by atoms with Crippen LogP contribution in [0.2, 0.25) is 0 Å². The van der Waals surface area contributed by atoms with E-state index >= 15 is 0 Å². The van der Waals surface area contributed by atoms with Gasteiger partial charge in [0.15, 0.2) is 0 Å². The number of hydrogen-bond acceptors (Lipinski definition) is 4. The van der Waals surface area contributed by atoms with Crippen molar-refractivity contribution in [1.29, 1.82) is 0 Å². The maximum atomic E-state index is 14.9. The van der Waals surface area contributed by atoms with Gasteiger partial charge in [0.05, 0.1) is 27.9 Å². The van der Waals surface area contributed by atoms with Crippen LogP contribution in [0.4, 0.5) is 27.8 Å². The van der Waals surface area contributed by atoms with Crippen molar-refractivity contribution in [3.05, 3.63) is 46.0 Å². The lowest BCUT2D eigenvalue weighted by molar-refractivity contribution is -0.137. The number of aromatic nitrogens is 1. The molecule has 5 nitrogen and oxygen atoms in total. The first-order chi connectivity index (χ1) is 15.3. The second-order valence-corrected chi connectivity index (χ2v) is 10.5. The molecule has 3 atom stereocenters. The van der Waals surface area contributed by atoms with Gasteiger partial charge in [-0.3, -0.25) is 9.00 Å². The lowest BCUT2D eigenvalue weighted by atomic mass is 9.96. The van der Waals surface area contributed by atoms with Gasteiger partial charge in [0.1, 0.15) is 23.4 Å². The predicted molar refractivity (Wildman–Crippen MR) is 114 cm³/mol. The van der Waals surface area contributed by atoms with Crippen molar-refractivity contribution in [3.63, 3.8) is 0 Å². The molecule has 0 spiro atoms. The molecule has 1 aromatic heterocycles. The van der Waals surface area contributed by atoms with Gasteiger partial charge in [-0.1, -0.05) is 11.6 Å². The largest absolute Gasteiger partial charge is 0.416 e. The quantitative estimate of drug-likeness (QED) is 0.551. The third-order valence-electron chi connectivity index (χ3n) is 5.79. The van der Waals surface area contributed by atoms with Crippen LogP contribution in [-0.2, 0) is 21.8 Å². The summed E-state index contributed by atoms with van der Waals surface area (Å²) in [6, 6.07) is 0.221. The molecule has 1 aromatic rings. The Balaban J connectivity index is 1.71. The second-order valence-electron chi connectivity index (χ2n) is 8.67. The Hall–Kier alpha value is -2.01. The van der Waals surface area contributed by atoms with E-state index in [0.717, 1.165) is 25.1 Å². The minimum absolute atomic E-state index is 0.0840. The van der Waals surface area contributed by atoms with Crippen LogP contribution in [0.5, 0.6) is 0 Å². The van der Waals surface area contributed by atoms with Crippen molar-refractivity contribution in [3.8, 4) is 0 Å². The Labute approximate surface area is 194 Å². The first-order valence-electron chi connectivity index (χ1n) is 10.2. The minimum Gasteiger partial charge on any atom is -0.332 e. The zero-order valence-corrected chi connectivity index (χ0v) is 19.3. The van der Waals surface area contributed by atoms with Gasteiger partial charge < -0.3 is 9.80 Å². The summed E-state index contributed by atoms with van der Waals surface area (Å²) in [7, 11) is -1.54. The van der Waals surface area contributed by atoms with Gasteiger partial charge in [0.25, 0.3) is 5.91 Å². The molecule has 2 aliphatic carbocycles. The van der Waals surface area contributed by atoms with Gasteiger partial charge in [0.2, 0.25) is 0 Å². The topological polar surface area (TPSA) is 53.5 Å². The summed E-state index contributed by atoms with van der Waals surface area (Å²) in [4.78, 5) is 20.1. The molecule has 2 heterocycles. The zero-order chi connectivity index (χ0) is 24.3. The van der Waals surface area contributed by atoms with Crippen molar-refractivity contribution >= 4 is 34.1 Å². The van der Waals surface area contributed by atoms with Crippen LogP contribution >= 0.6 is 11.6 Å². The van der Waals surface area contributed by atoms with Crippen molar-refractivity contribution in [2.75, 3.05) is 16.5 Å². The highest BCUT2D eigenvalue weighted by Gasteiger charge is 2.46. The summed E-state index contributed by atoms with van der Waals surface area (Å²) in [6.07, 6.45) is -3.02. The predicted octanol–water partition coefficient (Wildman–Crippen LogP) is 4.73. The molecule has 0 aromatic carbocycles. The number of carbonyl (C=O) groups excluding carboxylic acids is 1. The number of halogens is 6. The number of nitrogens with zero attached hydrogens (tertiary/aromatic N) is 3. The van der Waals surface area contributed by atoms with E-state index in [1.807, 2.05) is 0 Å². The number of allylic oxidation sites excluding steroid dienone is 3. The maximum absolute atomic E-state index is 14.9. The SMILES string of the molecule is Cc1cc(C(F)(F)F)cc(N2CS(=O)C[C@@H]2C(=O)N(C2=C(F)CC(C)(F)C(Cl)=C2)C2CC2)n1. The molecule has 0 N–H and O–H groups in total. The van der Waals surface area contributed by atoms with Crippen LogP contribution < -0.4 is 4.90 Å². The minimum atomic E-state index is -4.63. The Morgan fingerprint density at radius 2 is 2.00 bits per heavy atom. The molecule has 33 heavy (non-hydrogen) atoms. The number of aryl methyl sites for hydroxylation is 1. The molecule has 1 aliphatic heterocycles. The van der Waals surface area contributed by atoms with Crippen molar-refractivity contribution in [2.45, 2.75) is 57.0 Å². The summed E-state index contributed by atoms with van der Waals surface area (Å²) in [5, 5.41) is -0.251. The van der Waals surface area contributed by atoms with Gasteiger partial charge in [-0.2, -0.15) is 13.2 Å². The van der Waals surface area contributed by atoms with Crippen molar-refractivity contribution in [1.82, 2.24) is 9.88 Å². The van der Waals surface area contributed by atoms with Gasteiger partial charge in [-0.25, -0.2) is 13.8 Å². The molecule has 2 unspecified atom stereocenters. The number of hydrogen-bond donors (Lipinski definition) is 0. The molecule has 12 heteroatoms. The van der Waals surface area contributed by atoms with Gasteiger partial charge in [-0.05, 0) is 44.9 Å². The molecular formula is C21H21ClF5N3O2S. The summed E-state index contributed by atoms with van der Waals surface area (Å²) >= 11 is 6.00. The average Bonchev–Trinajstić information content (AvgIpc) is 3.44. The van der Waals surface area contributed by atoms with Crippen molar-refractivity contribution in [2.24, 2.45) is 0 Å². The highest BCUT2D eigenvalue weighted by atomic mass is 35.5. The molecule has 1 saturated heterocycles. The summed E-state index contributed by atoms with van der Waals surface area (Å²) in [5.74, 6) is -1.95. The third-order valence-corrected chi connectivity index (χ3v) is 7.54. The standard InChI is InChI=1S/C21H21ClF5N3O2S/c1-11-5-12(21(25,26)27)6-18(28-11)29-10-33(32)9-16(29)19(31)30(13-3-4-13)15-7-17(22)20(2,24)8-14(15)23/h5-7,13,16H,3-4,8-10H2,1-2H3/t16-,20?,33?/m1/s1. The van der Waals surface area contributed by atoms with Crippen LogP contribution in [0.1, 0.15) is 37.4 Å². The maximum Gasteiger partial charge on any atom is 0.416 e. The first kappa shape index (κ1) is 24.1. The van der Waals surface area contributed by atoms with Crippen LogP contribution in [0.25, 0.3) is 0 Å². The van der Waals surface area contributed by atoms with Crippen LogP contribution in [-0.4, -0.2) is 49.4 Å². The van der Waals surface area contributed by atoms with Crippen LogP contribution in [0.15, 0.2) is 34.8 Å². The van der Waals surface area contributed by atoms with Gasteiger partial charge >= 0.3 is 6.18 Å². The summed E-state index contributed by atoms with van der Waals surface area (Å²) in [5.41, 5.74) is -3.12. The summed E-state index contributed by atoms with van der Waals surface area (Å²) < 4.78 is 81.6. The number of pyridine rings is 1. The Kier molecular flexibility index (Phi) is 6.09. The van der Waals surface area contributed by atoms with E-state index in [-0.39, 0.29) is 39.9 Å². The van der Waals surface area contributed by atoms with E-state index < -0.39 is 52.4 Å². The number of amides is 1. The van der Waals surface area contributed by atoms with Crippen LogP contribution in [0.3, 0.4) is 0 Å². The normalized spacial score (nSPS) is 28.2. The van der Waals surface area contributed by atoms with E-state index in [9.17, 15) is 31.0 Å². The lowest BCUT2D eigenvalue weighted by Crippen LogP contribution is -2.48. The molecule has 1 saturated carbocycles. The second kappa shape index (κ2) is 8.33. The Morgan fingerprint density at radius 1 is 1.33 bits per heavy atom.